The highest BCUT2D eigenvalue weighted by Gasteiger charge is 2.52. The van der Waals surface area contributed by atoms with E-state index in [1.807, 2.05) is 13.0 Å². The highest BCUT2D eigenvalue weighted by Crippen LogP contribution is 2.54. The maximum absolute atomic E-state index is 12.6. The lowest BCUT2D eigenvalue weighted by Crippen LogP contribution is -2.41. The van der Waals surface area contributed by atoms with Gasteiger partial charge in [-0.05, 0) is 55.2 Å². The Balaban J connectivity index is 1.55. The summed E-state index contributed by atoms with van der Waals surface area (Å²) in [7, 11) is 0. The quantitative estimate of drug-likeness (QED) is 0.534. The number of hydrogen-bond donors (Lipinski definition) is 3. The van der Waals surface area contributed by atoms with Gasteiger partial charge in [-0.1, -0.05) is 29.6 Å². The molecule has 1 fully saturated rings. The molecule has 5 rings (SSSR count). The molecule has 1 aliphatic heterocycles. The average Bonchev–Trinajstić information content (AvgIpc) is 3.02. The molecular weight excluding hydrogens is 457 g/mol. The number of nitrogens with one attached hydrogen (secondary N) is 2. The Morgan fingerprint density at radius 1 is 1.16 bits per heavy atom. The molecule has 1 aromatic heterocycles. The molecule has 0 bridgehead atoms. The van der Waals surface area contributed by atoms with Gasteiger partial charge in [0, 0.05) is 5.69 Å². The van der Waals surface area contributed by atoms with E-state index >= 15 is 0 Å². The number of H-pyrrole nitrogens is 1. The Morgan fingerprint density at radius 2 is 1.84 bits per heavy atom. The van der Waals surface area contributed by atoms with Crippen LogP contribution in [0.15, 0.2) is 33.9 Å². The summed E-state index contributed by atoms with van der Waals surface area (Å²) in [4.78, 5) is 38.2. The van der Waals surface area contributed by atoms with Crippen molar-refractivity contribution in [3.05, 3.63) is 66.3 Å². The van der Waals surface area contributed by atoms with E-state index in [0.29, 0.717) is 5.75 Å². The number of ether oxygens (including phenoxy) is 1. The van der Waals surface area contributed by atoms with Crippen LogP contribution in [-0.4, -0.2) is 20.7 Å². The van der Waals surface area contributed by atoms with Gasteiger partial charge in [0.15, 0.2) is 5.75 Å². The highest BCUT2D eigenvalue weighted by atomic mass is 35.5. The second-order valence-electron chi connectivity index (χ2n) is 7.90. The predicted octanol–water partition coefficient (Wildman–Crippen LogP) is 3.28. The van der Waals surface area contributed by atoms with Gasteiger partial charge in [-0.3, -0.25) is 14.6 Å². The number of nitrogens with zero attached hydrogens (tertiary/aromatic N) is 2. The van der Waals surface area contributed by atoms with Crippen LogP contribution in [0.25, 0.3) is 5.69 Å². The van der Waals surface area contributed by atoms with Gasteiger partial charge in [0.05, 0.1) is 21.1 Å². The summed E-state index contributed by atoms with van der Waals surface area (Å²) in [6.45, 7) is 1.90. The van der Waals surface area contributed by atoms with E-state index < -0.39 is 16.7 Å². The summed E-state index contributed by atoms with van der Waals surface area (Å²) in [6, 6.07) is 6.42. The molecule has 0 unspecified atom stereocenters. The van der Waals surface area contributed by atoms with E-state index in [2.05, 4.69) is 15.4 Å². The average molecular weight is 474 g/mol. The standard InChI is InChI=1S/C21H17Cl2N5O4/c1-9-14(4-3-13-15(9)21(5-2-6-21)19(30)25-13)32-16-11(22)7-10(8-12(16)23)28-20(31)26-18(29)17(24)27-28/h3-4,7-8H,2,5-6H2,1H3,(H2,24,27)(H,25,30)(H,26,29,31). The summed E-state index contributed by atoms with van der Waals surface area (Å²) in [6.07, 6.45) is 2.60. The molecule has 9 nitrogen and oxygen atoms in total. The summed E-state index contributed by atoms with van der Waals surface area (Å²) >= 11 is 12.8. The fraction of sp³-hybridized carbons (Fsp3) is 0.238. The van der Waals surface area contributed by atoms with E-state index in [4.69, 9.17) is 33.7 Å². The number of rotatable bonds is 3. The van der Waals surface area contributed by atoms with Crippen LogP contribution < -0.4 is 27.0 Å². The fourth-order valence-corrected chi connectivity index (χ4v) is 4.90. The van der Waals surface area contributed by atoms with Crippen molar-refractivity contribution in [1.29, 1.82) is 0 Å². The number of nitrogen functional groups attached to an aromatic ring is 1. The molecular formula is C21H17Cl2N5O4. The fourth-order valence-electron chi connectivity index (χ4n) is 4.35. The topological polar surface area (TPSA) is 132 Å². The molecule has 1 aliphatic carbocycles. The van der Waals surface area contributed by atoms with Gasteiger partial charge in [-0.2, -0.15) is 4.68 Å². The van der Waals surface area contributed by atoms with Crippen molar-refractivity contribution < 1.29 is 9.53 Å². The van der Waals surface area contributed by atoms with Crippen LogP contribution in [0.4, 0.5) is 11.5 Å². The third-order valence-corrected chi connectivity index (χ3v) is 6.64. The number of fused-ring (bicyclic) bond motifs is 2. The van der Waals surface area contributed by atoms with Gasteiger partial charge < -0.3 is 15.8 Å². The van der Waals surface area contributed by atoms with Crippen LogP contribution in [0.1, 0.15) is 30.4 Å². The molecule has 2 aliphatic rings. The largest absolute Gasteiger partial charge is 0.454 e. The van der Waals surface area contributed by atoms with Crippen LogP contribution in [0, 0.1) is 6.92 Å². The molecule has 0 atom stereocenters. The Morgan fingerprint density at radius 3 is 2.47 bits per heavy atom. The zero-order valence-corrected chi connectivity index (χ0v) is 18.3. The normalized spacial score (nSPS) is 15.9. The van der Waals surface area contributed by atoms with Gasteiger partial charge in [-0.25, -0.2) is 4.79 Å². The first-order valence-electron chi connectivity index (χ1n) is 9.83. The molecule has 1 spiro atoms. The summed E-state index contributed by atoms with van der Waals surface area (Å²) < 4.78 is 6.95. The van der Waals surface area contributed by atoms with E-state index in [-0.39, 0.29) is 33.2 Å². The van der Waals surface area contributed by atoms with Gasteiger partial charge >= 0.3 is 5.69 Å². The highest BCUT2D eigenvalue weighted by molar-refractivity contribution is 6.37. The Labute approximate surface area is 191 Å². The zero-order chi connectivity index (χ0) is 22.8. The number of hydrogen-bond acceptors (Lipinski definition) is 6. The third kappa shape index (κ3) is 2.92. The smallest absolute Gasteiger partial charge is 0.349 e. The first kappa shape index (κ1) is 20.6. The first-order chi connectivity index (χ1) is 15.2. The first-order valence-corrected chi connectivity index (χ1v) is 10.6. The SMILES string of the molecule is Cc1c(Oc2c(Cl)cc(-n3nc(N)c(=O)[nH]c3=O)cc2Cl)ccc2c1C1(CCC1)C(=O)N2. The molecule has 164 valence electrons. The monoisotopic (exact) mass is 473 g/mol. The summed E-state index contributed by atoms with van der Waals surface area (Å²) in [5.74, 6) is 0.355. The molecule has 0 radical (unpaired) electrons. The summed E-state index contributed by atoms with van der Waals surface area (Å²) in [5.41, 5.74) is 6.23. The molecule has 1 saturated carbocycles. The molecule has 4 N–H and O–H groups in total. The minimum atomic E-state index is -0.789. The maximum atomic E-state index is 12.6. The number of benzene rings is 2. The van der Waals surface area contributed by atoms with Crippen LogP contribution in [0.2, 0.25) is 10.0 Å². The second kappa shape index (κ2) is 7.11. The number of nitrogens with two attached hydrogens (primary N) is 1. The molecule has 1 amide bonds. The van der Waals surface area contributed by atoms with Crippen molar-refractivity contribution in [2.45, 2.75) is 31.6 Å². The van der Waals surface area contributed by atoms with E-state index in [9.17, 15) is 14.4 Å². The van der Waals surface area contributed by atoms with Crippen LogP contribution in [-0.2, 0) is 10.2 Å². The lowest BCUT2D eigenvalue weighted by molar-refractivity contribution is -0.123. The second-order valence-corrected chi connectivity index (χ2v) is 8.71. The number of aromatic amines is 1. The van der Waals surface area contributed by atoms with Crippen molar-refractivity contribution in [2.24, 2.45) is 0 Å². The van der Waals surface area contributed by atoms with Crippen molar-refractivity contribution in [3.8, 4) is 17.2 Å². The predicted molar refractivity (Wildman–Crippen MR) is 120 cm³/mol. The molecule has 3 aromatic rings. The minimum Gasteiger partial charge on any atom is -0.454 e. The van der Waals surface area contributed by atoms with Crippen LogP contribution in [0.5, 0.6) is 11.5 Å². The van der Waals surface area contributed by atoms with Crippen molar-refractivity contribution >= 4 is 40.6 Å². The van der Waals surface area contributed by atoms with Crippen molar-refractivity contribution in [2.75, 3.05) is 11.1 Å². The number of amides is 1. The van der Waals surface area contributed by atoms with E-state index in [1.54, 1.807) is 6.07 Å². The number of anilines is 2. The van der Waals surface area contributed by atoms with Crippen molar-refractivity contribution in [1.82, 2.24) is 14.8 Å². The lowest BCUT2D eigenvalue weighted by Gasteiger charge is -2.37. The van der Waals surface area contributed by atoms with Gasteiger partial charge in [0.2, 0.25) is 11.7 Å². The molecule has 11 heteroatoms. The van der Waals surface area contributed by atoms with E-state index in [0.717, 1.165) is 40.8 Å². The van der Waals surface area contributed by atoms with Gasteiger partial charge in [0.25, 0.3) is 5.56 Å². The maximum Gasteiger partial charge on any atom is 0.349 e. The summed E-state index contributed by atoms with van der Waals surface area (Å²) in [5, 5.41) is 6.98. The zero-order valence-electron chi connectivity index (χ0n) is 16.8. The lowest BCUT2D eigenvalue weighted by atomic mass is 9.64. The molecule has 2 heterocycles. The molecule has 32 heavy (non-hydrogen) atoms. The number of carbonyl (C=O) groups excluding carboxylic acids is 1. The van der Waals surface area contributed by atoms with Gasteiger partial charge in [0.1, 0.15) is 5.75 Å². The number of aromatic nitrogens is 3. The third-order valence-electron chi connectivity index (χ3n) is 6.08. The van der Waals surface area contributed by atoms with Crippen molar-refractivity contribution in [3.63, 3.8) is 0 Å². The van der Waals surface area contributed by atoms with Gasteiger partial charge in [-0.15, -0.1) is 5.10 Å². The van der Waals surface area contributed by atoms with E-state index in [1.165, 1.54) is 12.1 Å². The number of carbonyl (C=O) groups is 1. The molecule has 0 saturated heterocycles. The van der Waals surface area contributed by atoms with Crippen LogP contribution in [0.3, 0.4) is 0 Å². The Hall–Kier alpha value is -3.30. The van der Waals surface area contributed by atoms with Crippen LogP contribution >= 0.6 is 23.2 Å². The Kier molecular flexibility index (Phi) is 4.58. The number of halogens is 2. The molecule has 2 aromatic carbocycles. The Bertz CT molecular complexity index is 1400. The minimum absolute atomic E-state index is 0.0255.